The van der Waals surface area contributed by atoms with Crippen LogP contribution in [0.5, 0.6) is 0 Å². The van der Waals surface area contributed by atoms with Gasteiger partial charge in [0.1, 0.15) is 6.04 Å². The Hall–Kier alpha value is -3.35. The molecule has 2 aromatic rings. The van der Waals surface area contributed by atoms with E-state index in [1.165, 1.54) is 24.6 Å². The molecule has 7 nitrogen and oxygen atoms in total. The van der Waals surface area contributed by atoms with Crippen LogP contribution in [0.2, 0.25) is 0 Å². The zero-order chi connectivity index (χ0) is 20.0. The Morgan fingerprint density at radius 2 is 1.59 bits per heavy atom. The lowest BCUT2D eigenvalue weighted by atomic mass is 10.1. The second kappa shape index (κ2) is 8.84. The molecule has 0 aliphatic heterocycles. The number of aliphatic carboxylic acids is 1. The quantitative estimate of drug-likeness (QED) is 0.600. The normalized spacial score (nSPS) is 11.4. The Morgan fingerprint density at radius 3 is 2.19 bits per heavy atom. The molecule has 0 fully saturated rings. The first-order chi connectivity index (χ1) is 12.8. The van der Waals surface area contributed by atoms with Gasteiger partial charge in [-0.1, -0.05) is 6.07 Å². The Kier molecular flexibility index (Phi) is 6.54. The first-order valence-electron chi connectivity index (χ1n) is 8.51. The number of hydrogen-bond donors (Lipinski definition) is 4. The van der Waals surface area contributed by atoms with Gasteiger partial charge in [0.25, 0.3) is 5.91 Å². The fraction of sp³-hybridized carbons (Fsp3) is 0.250. The van der Waals surface area contributed by atoms with E-state index in [4.69, 9.17) is 5.11 Å². The lowest BCUT2D eigenvalue weighted by molar-refractivity contribution is -0.138. The first kappa shape index (κ1) is 20.0. The molecule has 0 radical (unpaired) electrons. The summed E-state index contributed by atoms with van der Waals surface area (Å²) in [7, 11) is 0. The van der Waals surface area contributed by atoms with Crippen molar-refractivity contribution in [3.8, 4) is 0 Å². The van der Waals surface area contributed by atoms with Gasteiger partial charge >= 0.3 is 5.97 Å². The SMILES string of the molecule is Cc1ccc(NCC(=O)Nc2ccc(C(=O)NC(C)C(=O)O)cc2)cc1C. The topological polar surface area (TPSA) is 108 Å². The van der Waals surface area contributed by atoms with Crippen molar-refractivity contribution in [2.24, 2.45) is 0 Å². The van der Waals surface area contributed by atoms with Crippen molar-refractivity contribution in [1.82, 2.24) is 5.32 Å². The van der Waals surface area contributed by atoms with E-state index in [9.17, 15) is 14.4 Å². The van der Waals surface area contributed by atoms with Crippen molar-refractivity contribution in [3.05, 3.63) is 59.2 Å². The number of rotatable bonds is 7. The second-order valence-electron chi connectivity index (χ2n) is 6.31. The molecular weight excluding hydrogens is 346 g/mol. The molecule has 0 heterocycles. The van der Waals surface area contributed by atoms with Crippen LogP contribution in [0.4, 0.5) is 11.4 Å². The Labute approximate surface area is 157 Å². The molecule has 0 bridgehead atoms. The molecule has 4 N–H and O–H groups in total. The van der Waals surface area contributed by atoms with Gasteiger partial charge in [0, 0.05) is 16.9 Å². The van der Waals surface area contributed by atoms with Gasteiger partial charge in [-0.25, -0.2) is 0 Å². The first-order valence-corrected chi connectivity index (χ1v) is 8.51. The number of aryl methyl sites for hydroxylation is 2. The van der Waals surface area contributed by atoms with Crippen molar-refractivity contribution in [2.45, 2.75) is 26.8 Å². The third kappa shape index (κ3) is 5.85. The van der Waals surface area contributed by atoms with Gasteiger partial charge in [0.15, 0.2) is 0 Å². The molecule has 2 rings (SSSR count). The van der Waals surface area contributed by atoms with Crippen molar-refractivity contribution in [1.29, 1.82) is 0 Å². The van der Waals surface area contributed by atoms with E-state index in [2.05, 4.69) is 16.0 Å². The van der Waals surface area contributed by atoms with Crippen LogP contribution in [0.3, 0.4) is 0 Å². The Balaban J connectivity index is 1.88. The summed E-state index contributed by atoms with van der Waals surface area (Å²) in [5.41, 5.74) is 4.06. The monoisotopic (exact) mass is 369 g/mol. The maximum Gasteiger partial charge on any atom is 0.325 e. The molecule has 0 spiro atoms. The summed E-state index contributed by atoms with van der Waals surface area (Å²) in [6.45, 7) is 5.53. The van der Waals surface area contributed by atoms with Crippen LogP contribution in [-0.2, 0) is 9.59 Å². The van der Waals surface area contributed by atoms with Gasteiger partial charge < -0.3 is 21.1 Å². The molecule has 1 atom stereocenters. The highest BCUT2D eigenvalue weighted by Gasteiger charge is 2.15. The van der Waals surface area contributed by atoms with Crippen LogP contribution in [-0.4, -0.2) is 35.5 Å². The zero-order valence-corrected chi connectivity index (χ0v) is 15.5. The fourth-order valence-electron chi connectivity index (χ4n) is 2.29. The summed E-state index contributed by atoms with van der Waals surface area (Å²) in [5, 5.41) is 17.0. The van der Waals surface area contributed by atoms with Crippen molar-refractivity contribution < 1.29 is 19.5 Å². The number of carbonyl (C=O) groups excluding carboxylic acids is 2. The summed E-state index contributed by atoms with van der Waals surface area (Å²) in [6, 6.07) is 11.1. The second-order valence-corrected chi connectivity index (χ2v) is 6.31. The van der Waals surface area contributed by atoms with Crippen LogP contribution in [0.25, 0.3) is 0 Å². The lowest BCUT2D eigenvalue weighted by Crippen LogP contribution is -2.38. The molecule has 0 aliphatic carbocycles. The van der Waals surface area contributed by atoms with E-state index < -0.39 is 17.9 Å². The van der Waals surface area contributed by atoms with Crippen molar-refractivity contribution in [3.63, 3.8) is 0 Å². The third-order valence-corrected chi connectivity index (χ3v) is 4.11. The summed E-state index contributed by atoms with van der Waals surface area (Å²) >= 11 is 0. The van der Waals surface area contributed by atoms with Crippen molar-refractivity contribution in [2.75, 3.05) is 17.2 Å². The molecule has 1 unspecified atom stereocenters. The van der Waals surface area contributed by atoms with E-state index in [-0.39, 0.29) is 12.5 Å². The number of anilines is 2. The van der Waals surface area contributed by atoms with Crippen LogP contribution < -0.4 is 16.0 Å². The molecule has 2 aromatic carbocycles. The highest BCUT2D eigenvalue weighted by atomic mass is 16.4. The van der Waals surface area contributed by atoms with E-state index in [0.717, 1.165) is 11.3 Å². The number of hydrogen-bond acceptors (Lipinski definition) is 4. The van der Waals surface area contributed by atoms with Gasteiger partial charge in [0.05, 0.1) is 6.54 Å². The smallest absolute Gasteiger partial charge is 0.325 e. The fourth-order valence-corrected chi connectivity index (χ4v) is 2.29. The highest BCUT2D eigenvalue weighted by molar-refractivity contribution is 5.98. The maximum absolute atomic E-state index is 12.1. The molecule has 0 aliphatic rings. The number of carbonyl (C=O) groups is 3. The number of carboxylic acid groups (broad SMARTS) is 1. The Morgan fingerprint density at radius 1 is 0.963 bits per heavy atom. The highest BCUT2D eigenvalue weighted by Crippen LogP contribution is 2.14. The average Bonchev–Trinajstić information content (AvgIpc) is 2.63. The largest absolute Gasteiger partial charge is 0.480 e. The number of amides is 2. The number of benzene rings is 2. The van der Waals surface area contributed by atoms with Gasteiger partial charge in [-0.05, 0) is 68.3 Å². The zero-order valence-electron chi connectivity index (χ0n) is 15.5. The summed E-state index contributed by atoms with van der Waals surface area (Å²) in [6.07, 6.45) is 0. The predicted octanol–water partition coefficient (Wildman–Crippen LogP) is 2.56. The van der Waals surface area contributed by atoms with Gasteiger partial charge in [-0.2, -0.15) is 0 Å². The average molecular weight is 369 g/mol. The molecule has 0 aromatic heterocycles. The van der Waals surface area contributed by atoms with Crippen LogP contribution >= 0.6 is 0 Å². The minimum absolute atomic E-state index is 0.112. The molecule has 27 heavy (non-hydrogen) atoms. The van der Waals surface area contributed by atoms with E-state index in [1.54, 1.807) is 12.1 Å². The maximum atomic E-state index is 12.1. The van der Waals surface area contributed by atoms with Crippen LogP contribution in [0.1, 0.15) is 28.4 Å². The number of carboxylic acids is 1. The lowest BCUT2D eigenvalue weighted by Gasteiger charge is -2.11. The Bertz CT molecular complexity index is 847. The summed E-state index contributed by atoms with van der Waals surface area (Å²) in [4.78, 5) is 34.8. The van der Waals surface area contributed by atoms with Crippen molar-refractivity contribution >= 4 is 29.2 Å². The van der Waals surface area contributed by atoms with E-state index in [1.807, 2.05) is 32.0 Å². The number of nitrogens with one attached hydrogen (secondary N) is 3. The summed E-state index contributed by atoms with van der Waals surface area (Å²) < 4.78 is 0. The molecule has 0 saturated carbocycles. The van der Waals surface area contributed by atoms with Gasteiger partial charge in [0.2, 0.25) is 5.91 Å². The molecule has 0 saturated heterocycles. The third-order valence-electron chi connectivity index (χ3n) is 4.11. The minimum atomic E-state index is -1.11. The molecule has 142 valence electrons. The predicted molar refractivity (Wildman–Crippen MR) is 104 cm³/mol. The molecular formula is C20H23N3O4. The standard InChI is InChI=1S/C20H23N3O4/c1-12-4-7-17(10-13(12)2)21-11-18(24)23-16-8-5-15(6-9-16)19(25)22-14(3)20(26)27/h4-10,14,21H,11H2,1-3H3,(H,22,25)(H,23,24)(H,26,27). The van der Waals surface area contributed by atoms with Gasteiger partial charge in [-0.15, -0.1) is 0 Å². The van der Waals surface area contributed by atoms with E-state index in [0.29, 0.717) is 11.3 Å². The van der Waals surface area contributed by atoms with E-state index >= 15 is 0 Å². The van der Waals surface area contributed by atoms with Gasteiger partial charge in [-0.3, -0.25) is 14.4 Å². The summed E-state index contributed by atoms with van der Waals surface area (Å²) in [5.74, 6) is -1.81. The molecule has 2 amide bonds. The van der Waals surface area contributed by atoms with Crippen LogP contribution in [0.15, 0.2) is 42.5 Å². The molecule has 7 heteroatoms. The van der Waals surface area contributed by atoms with Crippen LogP contribution in [0, 0.1) is 13.8 Å². The minimum Gasteiger partial charge on any atom is -0.480 e.